The fraction of sp³-hybridized carbons (Fsp3) is 0.154. The van der Waals surface area contributed by atoms with Crippen molar-refractivity contribution in [2.24, 2.45) is 0 Å². The van der Waals surface area contributed by atoms with E-state index in [0.717, 1.165) is 16.9 Å². The maximum absolute atomic E-state index is 4.41. The Morgan fingerprint density at radius 2 is 2.00 bits per heavy atom. The maximum atomic E-state index is 4.41. The van der Waals surface area contributed by atoms with Gasteiger partial charge < -0.3 is 5.32 Å². The van der Waals surface area contributed by atoms with E-state index in [1.807, 2.05) is 41.8 Å². The predicted octanol–water partition coefficient (Wildman–Crippen LogP) is 2.04. The highest BCUT2D eigenvalue weighted by atomic mass is 15.3. The molecule has 0 aliphatic rings. The van der Waals surface area contributed by atoms with Crippen molar-refractivity contribution in [3.8, 4) is 0 Å². The molecule has 0 unspecified atom stereocenters. The van der Waals surface area contributed by atoms with Crippen LogP contribution in [0.4, 0.5) is 5.95 Å². The summed E-state index contributed by atoms with van der Waals surface area (Å²) in [6.07, 6.45) is 3.55. The minimum Gasteiger partial charge on any atom is -0.349 e. The number of nitrogens with one attached hydrogen (secondary N) is 1. The molecular weight excluding hydrogens is 226 g/mol. The number of aryl methyl sites for hydroxylation is 1. The van der Waals surface area contributed by atoms with Crippen LogP contribution in [0.5, 0.6) is 0 Å². The summed E-state index contributed by atoms with van der Waals surface area (Å²) >= 11 is 0. The fourth-order valence-corrected chi connectivity index (χ4v) is 1.79. The van der Waals surface area contributed by atoms with Crippen LogP contribution in [0.25, 0.3) is 5.65 Å². The number of hydrogen-bond donors (Lipinski definition) is 1. The molecule has 0 saturated carbocycles. The largest absolute Gasteiger partial charge is 0.349 e. The molecule has 3 heterocycles. The van der Waals surface area contributed by atoms with Gasteiger partial charge in [0, 0.05) is 24.6 Å². The topological polar surface area (TPSA) is 55.1 Å². The normalized spacial score (nSPS) is 10.7. The second-order valence-electron chi connectivity index (χ2n) is 4.08. The Labute approximate surface area is 105 Å². The molecule has 0 aromatic carbocycles. The monoisotopic (exact) mass is 239 g/mol. The lowest BCUT2D eigenvalue weighted by atomic mass is 10.3. The molecule has 5 heteroatoms. The summed E-state index contributed by atoms with van der Waals surface area (Å²) in [5.74, 6) is 0.640. The van der Waals surface area contributed by atoms with Gasteiger partial charge in [0.1, 0.15) is 0 Å². The van der Waals surface area contributed by atoms with Gasteiger partial charge in [-0.05, 0) is 36.8 Å². The number of fused-ring (bicyclic) bond motifs is 1. The molecule has 0 aliphatic heterocycles. The van der Waals surface area contributed by atoms with Crippen LogP contribution in [0, 0.1) is 6.92 Å². The van der Waals surface area contributed by atoms with Crippen LogP contribution in [-0.2, 0) is 6.54 Å². The van der Waals surface area contributed by atoms with E-state index in [1.54, 1.807) is 12.4 Å². The average molecular weight is 239 g/mol. The van der Waals surface area contributed by atoms with Crippen LogP contribution in [0.3, 0.4) is 0 Å². The highest BCUT2D eigenvalue weighted by molar-refractivity contribution is 5.44. The first kappa shape index (κ1) is 10.7. The molecule has 0 saturated heterocycles. The van der Waals surface area contributed by atoms with Crippen molar-refractivity contribution in [3.63, 3.8) is 0 Å². The predicted molar refractivity (Wildman–Crippen MR) is 69.3 cm³/mol. The third-order valence-electron chi connectivity index (χ3n) is 2.75. The Morgan fingerprint density at radius 1 is 1.17 bits per heavy atom. The number of pyridine rings is 2. The van der Waals surface area contributed by atoms with Crippen LogP contribution in [0.1, 0.15) is 11.3 Å². The summed E-state index contributed by atoms with van der Waals surface area (Å²) in [5.41, 5.74) is 3.07. The molecule has 5 nitrogen and oxygen atoms in total. The molecule has 0 bridgehead atoms. The molecule has 90 valence electrons. The van der Waals surface area contributed by atoms with E-state index in [1.165, 1.54) is 0 Å². The molecule has 0 fully saturated rings. The van der Waals surface area contributed by atoms with Crippen LogP contribution in [0.15, 0.2) is 42.7 Å². The van der Waals surface area contributed by atoms with E-state index < -0.39 is 0 Å². The van der Waals surface area contributed by atoms with Gasteiger partial charge in [0.05, 0.1) is 0 Å². The number of hydrogen-bond acceptors (Lipinski definition) is 4. The molecule has 3 rings (SSSR count). The summed E-state index contributed by atoms with van der Waals surface area (Å²) in [4.78, 5) is 8.40. The first-order valence-corrected chi connectivity index (χ1v) is 5.78. The number of aromatic nitrogens is 4. The first-order chi connectivity index (χ1) is 8.83. The number of nitrogens with zero attached hydrogens (tertiary/aromatic N) is 4. The molecule has 0 amide bonds. The Hall–Kier alpha value is -2.43. The first-order valence-electron chi connectivity index (χ1n) is 5.78. The molecule has 0 radical (unpaired) electrons. The zero-order chi connectivity index (χ0) is 12.4. The Bertz CT molecular complexity index is 659. The Balaban J connectivity index is 1.81. The highest BCUT2D eigenvalue weighted by Gasteiger charge is 2.03. The van der Waals surface area contributed by atoms with Crippen molar-refractivity contribution in [2.75, 3.05) is 5.32 Å². The van der Waals surface area contributed by atoms with Crippen LogP contribution in [0.2, 0.25) is 0 Å². The molecule has 0 aliphatic carbocycles. The van der Waals surface area contributed by atoms with Crippen molar-refractivity contribution in [1.82, 2.24) is 19.6 Å². The standard InChI is InChI=1S/C13H13N5/c1-10-3-2-4-12-16-13(17-18(10)12)15-9-11-5-7-14-8-6-11/h2-8H,9H2,1H3,(H,15,17). The quantitative estimate of drug-likeness (QED) is 0.760. The third kappa shape index (κ3) is 2.02. The van der Waals surface area contributed by atoms with Crippen molar-refractivity contribution >= 4 is 11.6 Å². The SMILES string of the molecule is Cc1cccc2nc(NCc3ccncc3)nn12. The number of rotatable bonds is 3. The van der Waals surface area contributed by atoms with Crippen LogP contribution in [-0.4, -0.2) is 19.6 Å². The van der Waals surface area contributed by atoms with Gasteiger partial charge in [-0.25, -0.2) is 4.52 Å². The van der Waals surface area contributed by atoms with Gasteiger partial charge in [-0.1, -0.05) is 6.07 Å². The number of anilines is 1. The zero-order valence-corrected chi connectivity index (χ0v) is 10.0. The second-order valence-corrected chi connectivity index (χ2v) is 4.08. The Kier molecular flexibility index (Phi) is 2.64. The van der Waals surface area contributed by atoms with Gasteiger partial charge in [0.2, 0.25) is 5.95 Å². The average Bonchev–Trinajstić information content (AvgIpc) is 2.82. The second kappa shape index (κ2) is 4.44. The smallest absolute Gasteiger partial charge is 0.243 e. The molecule has 3 aromatic heterocycles. The fourth-order valence-electron chi connectivity index (χ4n) is 1.79. The van der Waals surface area contributed by atoms with Crippen LogP contribution < -0.4 is 5.32 Å². The summed E-state index contributed by atoms with van der Waals surface area (Å²) < 4.78 is 1.83. The van der Waals surface area contributed by atoms with Crippen molar-refractivity contribution in [2.45, 2.75) is 13.5 Å². The van der Waals surface area contributed by atoms with E-state index in [9.17, 15) is 0 Å². The summed E-state index contributed by atoms with van der Waals surface area (Å²) in [5, 5.41) is 7.61. The van der Waals surface area contributed by atoms with E-state index in [-0.39, 0.29) is 0 Å². The molecule has 3 aromatic rings. The van der Waals surface area contributed by atoms with Crippen molar-refractivity contribution in [1.29, 1.82) is 0 Å². The molecule has 18 heavy (non-hydrogen) atoms. The van der Waals surface area contributed by atoms with E-state index in [0.29, 0.717) is 12.5 Å². The van der Waals surface area contributed by atoms with Gasteiger partial charge in [0.15, 0.2) is 5.65 Å². The molecule has 0 atom stereocenters. The lowest BCUT2D eigenvalue weighted by Crippen LogP contribution is -2.01. The van der Waals surface area contributed by atoms with Crippen molar-refractivity contribution < 1.29 is 0 Å². The summed E-state index contributed by atoms with van der Waals surface area (Å²) in [6.45, 7) is 2.70. The summed E-state index contributed by atoms with van der Waals surface area (Å²) in [6, 6.07) is 9.86. The van der Waals surface area contributed by atoms with Gasteiger partial charge in [-0.3, -0.25) is 4.98 Å². The minimum atomic E-state index is 0.640. The zero-order valence-electron chi connectivity index (χ0n) is 10.0. The third-order valence-corrected chi connectivity index (χ3v) is 2.75. The van der Waals surface area contributed by atoms with Crippen molar-refractivity contribution in [3.05, 3.63) is 54.0 Å². The lowest BCUT2D eigenvalue weighted by Gasteiger charge is -2.00. The minimum absolute atomic E-state index is 0.640. The van der Waals surface area contributed by atoms with E-state index in [4.69, 9.17) is 0 Å². The van der Waals surface area contributed by atoms with Crippen LogP contribution >= 0.6 is 0 Å². The Morgan fingerprint density at radius 3 is 2.78 bits per heavy atom. The van der Waals surface area contributed by atoms with E-state index >= 15 is 0 Å². The summed E-state index contributed by atoms with van der Waals surface area (Å²) in [7, 11) is 0. The molecular formula is C13H13N5. The van der Waals surface area contributed by atoms with Gasteiger partial charge >= 0.3 is 0 Å². The molecule has 0 spiro atoms. The highest BCUT2D eigenvalue weighted by Crippen LogP contribution is 2.09. The van der Waals surface area contributed by atoms with Gasteiger partial charge in [0.25, 0.3) is 0 Å². The molecule has 1 N–H and O–H groups in total. The van der Waals surface area contributed by atoms with E-state index in [2.05, 4.69) is 20.4 Å². The maximum Gasteiger partial charge on any atom is 0.243 e. The van der Waals surface area contributed by atoms with Gasteiger partial charge in [-0.2, -0.15) is 4.98 Å². The lowest BCUT2D eigenvalue weighted by molar-refractivity contribution is 0.909. The van der Waals surface area contributed by atoms with Gasteiger partial charge in [-0.15, -0.1) is 5.10 Å².